The fraction of sp³-hybridized carbons (Fsp3) is 0.381. The predicted octanol–water partition coefficient (Wildman–Crippen LogP) is 3.31. The number of hydrogen-bond acceptors (Lipinski definition) is 6. The van der Waals surface area contributed by atoms with E-state index in [4.69, 9.17) is 32.0 Å². The van der Waals surface area contributed by atoms with Gasteiger partial charge >= 0.3 is 10.4 Å². The third-order valence-corrected chi connectivity index (χ3v) is 5.36. The van der Waals surface area contributed by atoms with Gasteiger partial charge < -0.3 is 14.4 Å². The summed E-state index contributed by atoms with van der Waals surface area (Å²) >= 11 is 0. The van der Waals surface area contributed by atoms with Crippen molar-refractivity contribution in [3.8, 4) is 0 Å². The number of nitrogens with zero attached hydrogens (tertiary/aromatic N) is 2. The molecule has 0 saturated carbocycles. The first-order valence-corrected chi connectivity index (χ1v) is 10.9. The minimum atomic E-state index is -4.67. The van der Waals surface area contributed by atoms with Gasteiger partial charge in [0, 0.05) is 27.2 Å². The number of benzene rings is 2. The van der Waals surface area contributed by atoms with Crippen LogP contribution in [0.4, 0.5) is 0 Å². The predicted molar refractivity (Wildman–Crippen MR) is 113 cm³/mol. The second-order valence-corrected chi connectivity index (χ2v) is 7.97. The molecule has 2 atom stereocenters. The topological polar surface area (TPSA) is 109 Å². The lowest BCUT2D eigenvalue weighted by Gasteiger charge is -2.42. The van der Waals surface area contributed by atoms with E-state index >= 15 is 0 Å². The first-order valence-electron chi connectivity index (χ1n) is 9.54. The molecular formula is C21H26N2O6S. The highest BCUT2D eigenvalue weighted by Crippen LogP contribution is 2.47. The molecule has 30 heavy (non-hydrogen) atoms. The Morgan fingerprint density at radius 1 is 0.967 bits per heavy atom. The Labute approximate surface area is 176 Å². The molecule has 0 radical (unpaired) electrons. The SMILES string of the molecule is COC1(OC)CCCN2C1=N[C@H](c1ccccc1)[C@@H]2c1ccccc1.O=S(=O)(O)O. The first-order chi connectivity index (χ1) is 14.3. The second-order valence-electron chi connectivity index (χ2n) is 7.07. The molecule has 0 amide bonds. The molecule has 4 rings (SSSR count). The fourth-order valence-electron chi connectivity index (χ4n) is 4.12. The van der Waals surface area contributed by atoms with Crippen molar-refractivity contribution in [2.75, 3.05) is 20.8 Å². The number of aliphatic imine (C=N–C) groups is 1. The van der Waals surface area contributed by atoms with Crippen LogP contribution in [-0.2, 0) is 19.9 Å². The Kier molecular flexibility index (Phi) is 6.89. The second kappa shape index (κ2) is 9.23. The van der Waals surface area contributed by atoms with E-state index in [1.807, 2.05) is 6.07 Å². The molecule has 0 aliphatic carbocycles. The average molecular weight is 435 g/mol. The summed E-state index contributed by atoms with van der Waals surface area (Å²) < 4.78 is 43.2. The molecule has 2 aromatic carbocycles. The molecule has 162 valence electrons. The van der Waals surface area contributed by atoms with Crippen LogP contribution in [-0.4, -0.2) is 54.8 Å². The van der Waals surface area contributed by atoms with Gasteiger partial charge in [-0.2, -0.15) is 8.42 Å². The van der Waals surface area contributed by atoms with Crippen molar-refractivity contribution in [3.05, 3.63) is 71.8 Å². The largest absolute Gasteiger partial charge is 0.394 e. The number of rotatable bonds is 4. The molecule has 0 spiro atoms. The summed E-state index contributed by atoms with van der Waals surface area (Å²) in [5.41, 5.74) is 2.50. The van der Waals surface area contributed by atoms with Crippen LogP contribution in [0.15, 0.2) is 65.7 Å². The van der Waals surface area contributed by atoms with E-state index in [0.29, 0.717) is 0 Å². The fourth-order valence-corrected chi connectivity index (χ4v) is 4.12. The summed E-state index contributed by atoms with van der Waals surface area (Å²) in [4.78, 5) is 7.50. The van der Waals surface area contributed by atoms with Crippen molar-refractivity contribution < 1.29 is 27.0 Å². The summed E-state index contributed by atoms with van der Waals surface area (Å²) in [5.74, 6) is 0.181. The zero-order chi connectivity index (χ0) is 21.8. The molecule has 0 aromatic heterocycles. The summed E-state index contributed by atoms with van der Waals surface area (Å²) in [6, 6.07) is 21.4. The van der Waals surface area contributed by atoms with Crippen LogP contribution in [0.25, 0.3) is 0 Å². The van der Waals surface area contributed by atoms with Gasteiger partial charge in [-0.05, 0) is 17.5 Å². The molecule has 2 aliphatic rings. The first kappa shape index (κ1) is 22.4. The molecule has 0 bridgehead atoms. The number of piperidine rings is 1. The minimum absolute atomic E-state index is 0.0429. The number of methoxy groups -OCH3 is 2. The normalized spacial score (nSPS) is 22.5. The number of ether oxygens (including phenoxy) is 2. The Morgan fingerprint density at radius 3 is 1.97 bits per heavy atom. The van der Waals surface area contributed by atoms with Crippen molar-refractivity contribution in [1.82, 2.24) is 4.90 Å². The minimum Gasteiger partial charge on any atom is -0.347 e. The van der Waals surface area contributed by atoms with Crippen molar-refractivity contribution in [3.63, 3.8) is 0 Å². The van der Waals surface area contributed by atoms with E-state index in [0.717, 1.165) is 25.2 Å². The van der Waals surface area contributed by atoms with Crippen LogP contribution in [0.1, 0.15) is 36.1 Å². The van der Waals surface area contributed by atoms with E-state index in [1.165, 1.54) is 11.1 Å². The van der Waals surface area contributed by atoms with Crippen LogP contribution < -0.4 is 0 Å². The number of hydrogen-bond donors (Lipinski definition) is 2. The van der Waals surface area contributed by atoms with Crippen LogP contribution in [0.5, 0.6) is 0 Å². The zero-order valence-electron chi connectivity index (χ0n) is 16.9. The zero-order valence-corrected chi connectivity index (χ0v) is 17.7. The van der Waals surface area contributed by atoms with E-state index < -0.39 is 16.2 Å². The van der Waals surface area contributed by atoms with Crippen LogP contribution in [0, 0.1) is 0 Å². The van der Waals surface area contributed by atoms with Gasteiger partial charge in [0.15, 0.2) is 5.84 Å². The lowest BCUT2D eigenvalue weighted by Crippen LogP contribution is -2.54. The number of amidine groups is 1. The third-order valence-electron chi connectivity index (χ3n) is 5.36. The Hall–Kier alpha value is -2.30. The molecule has 0 unspecified atom stereocenters. The van der Waals surface area contributed by atoms with E-state index in [2.05, 4.69) is 59.5 Å². The van der Waals surface area contributed by atoms with E-state index in [1.54, 1.807) is 14.2 Å². The van der Waals surface area contributed by atoms with Gasteiger partial charge in [-0.1, -0.05) is 60.7 Å². The molecule has 1 fully saturated rings. The van der Waals surface area contributed by atoms with Gasteiger partial charge in [0.25, 0.3) is 0 Å². The maximum absolute atomic E-state index is 8.74. The van der Waals surface area contributed by atoms with Gasteiger partial charge in [-0.25, -0.2) is 0 Å². The van der Waals surface area contributed by atoms with Crippen molar-refractivity contribution in [1.29, 1.82) is 0 Å². The van der Waals surface area contributed by atoms with Gasteiger partial charge in [0.2, 0.25) is 5.79 Å². The van der Waals surface area contributed by atoms with Crippen molar-refractivity contribution in [2.24, 2.45) is 4.99 Å². The quantitative estimate of drug-likeness (QED) is 0.561. The van der Waals surface area contributed by atoms with Crippen molar-refractivity contribution >= 4 is 16.2 Å². The molecule has 8 nitrogen and oxygen atoms in total. The molecular weight excluding hydrogens is 408 g/mol. The van der Waals surface area contributed by atoms with Gasteiger partial charge in [-0.15, -0.1) is 0 Å². The average Bonchev–Trinajstić information content (AvgIpc) is 3.14. The molecule has 2 aliphatic heterocycles. The maximum Gasteiger partial charge on any atom is 0.394 e. The Bertz CT molecular complexity index is 954. The van der Waals surface area contributed by atoms with Gasteiger partial charge in [0.05, 0.1) is 6.04 Å². The third kappa shape index (κ3) is 4.88. The molecule has 2 N–H and O–H groups in total. The van der Waals surface area contributed by atoms with Crippen LogP contribution >= 0.6 is 0 Å². The maximum atomic E-state index is 8.74. The van der Waals surface area contributed by atoms with Crippen LogP contribution in [0.3, 0.4) is 0 Å². The highest BCUT2D eigenvalue weighted by Gasteiger charge is 2.50. The highest BCUT2D eigenvalue weighted by atomic mass is 32.3. The van der Waals surface area contributed by atoms with E-state index in [9.17, 15) is 0 Å². The Balaban J connectivity index is 0.000000461. The standard InChI is InChI=1S/C21H24N2O2.H2O4S/c1-24-21(25-2)14-9-15-23-19(17-12-7-4-8-13-17)18(22-20(21)23)16-10-5-3-6-11-16;1-5(2,3)4/h3-8,10-13,18-19H,9,14-15H2,1-2H3;(H2,1,2,3,4)/t18-,19+;/m1./s1. The summed E-state index contributed by atoms with van der Waals surface area (Å²) in [7, 11) is -1.24. The van der Waals surface area contributed by atoms with Crippen LogP contribution in [0.2, 0.25) is 0 Å². The van der Waals surface area contributed by atoms with Gasteiger partial charge in [-0.3, -0.25) is 14.1 Å². The molecule has 2 aromatic rings. The summed E-state index contributed by atoms with van der Waals surface area (Å²) in [5, 5.41) is 0. The molecule has 9 heteroatoms. The van der Waals surface area contributed by atoms with Crippen molar-refractivity contribution in [2.45, 2.75) is 30.7 Å². The summed E-state index contributed by atoms with van der Waals surface area (Å²) in [6.45, 7) is 0.968. The van der Waals surface area contributed by atoms with E-state index in [-0.39, 0.29) is 12.1 Å². The lowest BCUT2D eigenvalue weighted by molar-refractivity contribution is -0.171. The smallest absolute Gasteiger partial charge is 0.347 e. The Morgan fingerprint density at radius 2 is 1.47 bits per heavy atom. The molecule has 1 saturated heterocycles. The number of fused-ring (bicyclic) bond motifs is 1. The molecule has 2 heterocycles. The monoisotopic (exact) mass is 434 g/mol. The lowest BCUT2D eigenvalue weighted by atomic mass is 9.92. The van der Waals surface area contributed by atoms with Gasteiger partial charge in [0.1, 0.15) is 6.04 Å². The highest BCUT2D eigenvalue weighted by molar-refractivity contribution is 7.79. The summed E-state index contributed by atoms with van der Waals surface area (Å²) in [6.07, 6.45) is 1.85.